The Morgan fingerprint density at radius 1 is 1.03 bits per heavy atom. The van der Waals surface area contributed by atoms with E-state index < -0.39 is 4.92 Å². The van der Waals surface area contributed by atoms with Crippen LogP contribution in [-0.2, 0) is 6.61 Å². The Morgan fingerprint density at radius 3 is 2.40 bits per heavy atom. The van der Waals surface area contributed by atoms with Gasteiger partial charge in [-0.2, -0.15) is 5.26 Å². The Labute approximate surface area is 174 Å². The summed E-state index contributed by atoms with van der Waals surface area (Å²) in [6, 6.07) is 23.4. The zero-order chi connectivity index (χ0) is 21.3. The average molecular weight is 400 g/mol. The molecule has 0 aliphatic rings. The van der Waals surface area contributed by atoms with Crippen molar-refractivity contribution in [2.75, 3.05) is 6.61 Å². The Hall–Kier alpha value is -4.11. The van der Waals surface area contributed by atoms with Crippen molar-refractivity contribution in [2.45, 2.75) is 13.5 Å². The molecule has 0 heterocycles. The monoisotopic (exact) mass is 400 g/mol. The summed E-state index contributed by atoms with van der Waals surface area (Å²) in [5, 5.41) is 20.3. The van der Waals surface area contributed by atoms with E-state index in [1.54, 1.807) is 24.3 Å². The summed E-state index contributed by atoms with van der Waals surface area (Å²) in [5.74, 6) is 1.13. The van der Waals surface area contributed by atoms with Crippen molar-refractivity contribution in [3.8, 4) is 17.6 Å². The molecular formula is C24H20N2O4. The van der Waals surface area contributed by atoms with Crippen molar-refractivity contribution in [3.63, 3.8) is 0 Å². The van der Waals surface area contributed by atoms with E-state index in [9.17, 15) is 15.4 Å². The van der Waals surface area contributed by atoms with Gasteiger partial charge >= 0.3 is 0 Å². The quantitative estimate of drug-likeness (QED) is 0.211. The van der Waals surface area contributed by atoms with Gasteiger partial charge in [0.05, 0.1) is 23.2 Å². The second-order valence-electron chi connectivity index (χ2n) is 6.39. The largest absolute Gasteiger partial charge is 0.490 e. The van der Waals surface area contributed by atoms with Crippen LogP contribution in [0.4, 0.5) is 5.69 Å². The van der Waals surface area contributed by atoms with Crippen molar-refractivity contribution >= 4 is 17.3 Å². The molecular weight excluding hydrogens is 380 g/mol. The first-order valence-electron chi connectivity index (χ1n) is 9.41. The smallest absolute Gasteiger partial charge is 0.269 e. The predicted octanol–water partition coefficient (Wildman–Crippen LogP) is 5.64. The minimum Gasteiger partial charge on any atom is -0.490 e. The number of nitriles is 1. The van der Waals surface area contributed by atoms with E-state index in [0.29, 0.717) is 23.7 Å². The van der Waals surface area contributed by atoms with Crippen molar-refractivity contribution in [3.05, 3.63) is 99.6 Å². The van der Waals surface area contributed by atoms with E-state index in [2.05, 4.69) is 6.07 Å². The fraction of sp³-hybridized carbons (Fsp3) is 0.125. The standard InChI is InChI=1S/C24H20N2O4/c1-2-29-24-15-19(14-21(16-25)20-6-4-3-5-7-20)10-13-23(24)30-17-18-8-11-22(12-9-18)26(27)28/h3-15H,2,17H2,1H3/b21-14-. The number of non-ortho nitro benzene ring substituents is 1. The van der Waals surface area contributed by atoms with Crippen LogP contribution >= 0.6 is 0 Å². The summed E-state index contributed by atoms with van der Waals surface area (Å²) in [7, 11) is 0. The number of nitro groups is 1. The van der Waals surface area contributed by atoms with Gasteiger partial charge in [-0.3, -0.25) is 10.1 Å². The number of benzene rings is 3. The van der Waals surface area contributed by atoms with Gasteiger partial charge in [-0.05, 0) is 54.0 Å². The lowest BCUT2D eigenvalue weighted by Gasteiger charge is -2.13. The molecule has 0 radical (unpaired) electrons. The minimum atomic E-state index is -0.436. The van der Waals surface area contributed by atoms with E-state index in [1.807, 2.05) is 49.4 Å². The maximum atomic E-state index is 10.8. The molecule has 0 aromatic heterocycles. The molecule has 0 saturated heterocycles. The molecule has 0 N–H and O–H groups in total. The summed E-state index contributed by atoms with van der Waals surface area (Å²) < 4.78 is 11.6. The van der Waals surface area contributed by atoms with Crippen LogP contribution in [0.3, 0.4) is 0 Å². The summed E-state index contributed by atoms with van der Waals surface area (Å²) in [6.45, 7) is 2.60. The van der Waals surface area contributed by atoms with E-state index in [-0.39, 0.29) is 12.3 Å². The summed E-state index contributed by atoms with van der Waals surface area (Å²) in [4.78, 5) is 10.3. The van der Waals surface area contributed by atoms with Crippen LogP contribution in [0.25, 0.3) is 11.6 Å². The maximum absolute atomic E-state index is 10.8. The first kappa shape index (κ1) is 20.6. The third-order valence-electron chi connectivity index (χ3n) is 4.33. The number of hydrogen-bond acceptors (Lipinski definition) is 5. The molecule has 6 heteroatoms. The minimum absolute atomic E-state index is 0.0385. The highest BCUT2D eigenvalue weighted by atomic mass is 16.6. The third kappa shape index (κ3) is 5.24. The lowest BCUT2D eigenvalue weighted by molar-refractivity contribution is -0.384. The predicted molar refractivity (Wildman–Crippen MR) is 115 cm³/mol. The number of hydrogen-bond donors (Lipinski definition) is 0. The topological polar surface area (TPSA) is 85.4 Å². The summed E-state index contributed by atoms with van der Waals surface area (Å²) in [5.41, 5.74) is 3.06. The van der Waals surface area contributed by atoms with Gasteiger partial charge in [0.15, 0.2) is 11.5 Å². The Kier molecular flexibility index (Phi) is 6.80. The lowest BCUT2D eigenvalue weighted by atomic mass is 10.0. The fourth-order valence-electron chi connectivity index (χ4n) is 2.84. The molecule has 0 aliphatic heterocycles. The van der Waals surface area contributed by atoms with Crippen LogP contribution in [0.5, 0.6) is 11.5 Å². The molecule has 0 fully saturated rings. The molecule has 0 saturated carbocycles. The van der Waals surface area contributed by atoms with Crippen LogP contribution in [0.15, 0.2) is 72.8 Å². The van der Waals surface area contributed by atoms with Crippen LogP contribution < -0.4 is 9.47 Å². The second-order valence-corrected chi connectivity index (χ2v) is 6.39. The Bertz CT molecular complexity index is 1080. The maximum Gasteiger partial charge on any atom is 0.269 e. The van der Waals surface area contributed by atoms with E-state index in [1.165, 1.54) is 12.1 Å². The van der Waals surface area contributed by atoms with Crippen molar-refractivity contribution < 1.29 is 14.4 Å². The second kappa shape index (κ2) is 9.89. The van der Waals surface area contributed by atoms with Gasteiger partial charge < -0.3 is 9.47 Å². The average Bonchev–Trinajstić information content (AvgIpc) is 2.78. The molecule has 150 valence electrons. The summed E-state index contributed by atoms with van der Waals surface area (Å²) in [6.07, 6.45) is 1.80. The molecule has 0 unspecified atom stereocenters. The zero-order valence-electron chi connectivity index (χ0n) is 16.4. The molecule has 30 heavy (non-hydrogen) atoms. The van der Waals surface area contributed by atoms with Crippen LogP contribution in [-0.4, -0.2) is 11.5 Å². The molecule has 0 spiro atoms. The van der Waals surface area contributed by atoms with Gasteiger partial charge in [-0.25, -0.2) is 0 Å². The van der Waals surface area contributed by atoms with Crippen molar-refractivity contribution in [1.29, 1.82) is 5.26 Å². The third-order valence-corrected chi connectivity index (χ3v) is 4.33. The first-order chi connectivity index (χ1) is 14.6. The molecule has 0 amide bonds. The number of nitro benzene ring substituents is 1. The molecule has 3 rings (SSSR count). The summed E-state index contributed by atoms with van der Waals surface area (Å²) >= 11 is 0. The van der Waals surface area contributed by atoms with Gasteiger partial charge in [0.2, 0.25) is 0 Å². The molecule has 0 bridgehead atoms. The Morgan fingerprint density at radius 2 is 1.77 bits per heavy atom. The van der Waals surface area contributed by atoms with Gasteiger partial charge in [-0.15, -0.1) is 0 Å². The number of allylic oxidation sites excluding steroid dienone is 1. The Balaban J connectivity index is 1.80. The normalized spacial score (nSPS) is 10.9. The van der Waals surface area contributed by atoms with E-state index in [4.69, 9.17) is 9.47 Å². The number of nitrogens with zero attached hydrogens (tertiary/aromatic N) is 2. The van der Waals surface area contributed by atoms with Crippen LogP contribution in [0.2, 0.25) is 0 Å². The highest BCUT2D eigenvalue weighted by molar-refractivity contribution is 5.89. The van der Waals surface area contributed by atoms with E-state index >= 15 is 0 Å². The molecule has 0 aliphatic carbocycles. The number of ether oxygens (including phenoxy) is 2. The lowest BCUT2D eigenvalue weighted by Crippen LogP contribution is -2.00. The van der Waals surface area contributed by atoms with Crippen molar-refractivity contribution in [1.82, 2.24) is 0 Å². The zero-order valence-corrected chi connectivity index (χ0v) is 16.4. The SMILES string of the molecule is CCOc1cc(/C=C(/C#N)c2ccccc2)ccc1OCc1ccc([N+](=O)[O-])cc1. The highest BCUT2D eigenvalue weighted by Gasteiger charge is 2.09. The fourth-order valence-corrected chi connectivity index (χ4v) is 2.84. The van der Waals surface area contributed by atoms with Gasteiger partial charge in [0, 0.05) is 12.1 Å². The van der Waals surface area contributed by atoms with Crippen molar-refractivity contribution in [2.24, 2.45) is 0 Å². The van der Waals surface area contributed by atoms with Gasteiger partial charge in [0.1, 0.15) is 6.61 Å². The van der Waals surface area contributed by atoms with Crippen LogP contribution in [0, 0.1) is 21.4 Å². The number of rotatable bonds is 8. The van der Waals surface area contributed by atoms with Gasteiger partial charge in [-0.1, -0.05) is 36.4 Å². The molecule has 3 aromatic carbocycles. The molecule has 0 atom stereocenters. The highest BCUT2D eigenvalue weighted by Crippen LogP contribution is 2.31. The van der Waals surface area contributed by atoms with Gasteiger partial charge in [0.25, 0.3) is 5.69 Å². The molecule has 6 nitrogen and oxygen atoms in total. The first-order valence-corrected chi connectivity index (χ1v) is 9.41. The van der Waals surface area contributed by atoms with Crippen LogP contribution in [0.1, 0.15) is 23.6 Å². The molecule has 3 aromatic rings. The van der Waals surface area contributed by atoms with E-state index in [0.717, 1.165) is 16.7 Å².